The van der Waals surface area contributed by atoms with E-state index in [4.69, 9.17) is 14.7 Å². The van der Waals surface area contributed by atoms with Gasteiger partial charge in [0.15, 0.2) is 0 Å². The fourth-order valence-electron chi connectivity index (χ4n) is 3.29. The Morgan fingerprint density at radius 2 is 1.65 bits per heavy atom. The van der Waals surface area contributed by atoms with Gasteiger partial charge in [0.05, 0.1) is 12.1 Å². The molecule has 0 saturated carbocycles. The molecule has 0 amide bonds. The molecule has 0 spiro atoms. The highest BCUT2D eigenvalue weighted by Gasteiger charge is 2.16. The lowest BCUT2D eigenvalue weighted by atomic mass is 10.1. The Morgan fingerprint density at radius 1 is 0.885 bits per heavy atom. The zero-order valence-corrected chi connectivity index (χ0v) is 14.9. The summed E-state index contributed by atoms with van der Waals surface area (Å²) in [5.74, 6) is 2.60. The summed E-state index contributed by atoms with van der Waals surface area (Å²) in [7, 11) is 0. The van der Waals surface area contributed by atoms with Crippen molar-refractivity contribution in [2.24, 2.45) is 0 Å². The Hall–Kier alpha value is -2.82. The second kappa shape index (κ2) is 8.04. The molecule has 26 heavy (non-hydrogen) atoms. The van der Waals surface area contributed by atoms with Gasteiger partial charge in [-0.2, -0.15) is 4.98 Å². The van der Waals surface area contributed by atoms with E-state index in [0.29, 0.717) is 13.2 Å². The Kier molecular flexibility index (Phi) is 5.14. The van der Waals surface area contributed by atoms with Gasteiger partial charge in [-0.05, 0) is 43.5 Å². The summed E-state index contributed by atoms with van der Waals surface area (Å²) in [6, 6.07) is 18.0. The summed E-state index contributed by atoms with van der Waals surface area (Å²) in [4.78, 5) is 11.9. The average molecular weight is 348 g/mol. The van der Waals surface area contributed by atoms with Gasteiger partial charge >= 0.3 is 0 Å². The molecule has 3 aromatic rings. The van der Waals surface area contributed by atoms with Crippen LogP contribution < -0.4 is 15.0 Å². The minimum atomic E-state index is 0.585. The van der Waals surface area contributed by atoms with Crippen molar-refractivity contribution in [1.29, 1.82) is 0 Å². The quantitative estimate of drug-likeness (QED) is 0.679. The van der Waals surface area contributed by atoms with Crippen molar-refractivity contribution in [3.05, 3.63) is 54.6 Å². The van der Waals surface area contributed by atoms with Gasteiger partial charge in [-0.1, -0.05) is 30.3 Å². The predicted molar refractivity (Wildman–Crippen MR) is 106 cm³/mol. The van der Waals surface area contributed by atoms with Crippen LogP contribution in [0.2, 0.25) is 0 Å². The first-order chi connectivity index (χ1) is 12.9. The molecule has 5 nitrogen and oxygen atoms in total. The SMILES string of the molecule is c1ccc(OCCNc2nc(N3CCCCC3)nc3ccccc23)cc1. The fraction of sp³-hybridized carbons (Fsp3) is 0.333. The predicted octanol–water partition coefficient (Wildman–Crippen LogP) is 4.11. The van der Waals surface area contributed by atoms with E-state index >= 15 is 0 Å². The van der Waals surface area contributed by atoms with Gasteiger partial charge in [0.2, 0.25) is 5.95 Å². The second-order valence-electron chi connectivity index (χ2n) is 6.53. The molecule has 0 bridgehead atoms. The monoisotopic (exact) mass is 348 g/mol. The van der Waals surface area contributed by atoms with E-state index in [1.54, 1.807) is 0 Å². The molecule has 1 aromatic heterocycles. The number of nitrogens with one attached hydrogen (secondary N) is 1. The number of aromatic nitrogens is 2. The summed E-state index contributed by atoms with van der Waals surface area (Å²) in [6.45, 7) is 3.35. The summed E-state index contributed by atoms with van der Waals surface area (Å²) in [5, 5.41) is 4.48. The van der Waals surface area contributed by atoms with Gasteiger partial charge in [-0.3, -0.25) is 0 Å². The van der Waals surface area contributed by atoms with Crippen molar-refractivity contribution in [1.82, 2.24) is 9.97 Å². The Labute approximate surface area is 154 Å². The maximum atomic E-state index is 5.77. The normalized spacial score (nSPS) is 14.4. The Bertz CT molecular complexity index is 847. The molecule has 4 rings (SSSR count). The van der Waals surface area contributed by atoms with Crippen LogP contribution in [0.15, 0.2) is 54.6 Å². The molecule has 2 aromatic carbocycles. The van der Waals surface area contributed by atoms with E-state index in [9.17, 15) is 0 Å². The number of anilines is 2. The molecule has 0 unspecified atom stereocenters. The van der Waals surface area contributed by atoms with Crippen LogP contribution in [0.25, 0.3) is 10.9 Å². The third kappa shape index (κ3) is 3.87. The molecule has 0 radical (unpaired) electrons. The van der Waals surface area contributed by atoms with Gasteiger partial charge in [-0.25, -0.2) is 4.98 Å². The summed E-state index contributed by atoms with van der Waals surface area (Å²) >= 11 is 0. The highest BCUT2D eigenvalue weighted by molar-refractivity contribution is 5.90. The van der Waals surface area contributed by atoms with E-state index in [2.05, 4.69) is 22.3 Å². The number of rotatable bonds is 6. The summed E-state index contributed by atoms with van der Waals surface area (Å²) in [5.41, 5.74) is 0.981. The van der Waals surface area contributed by atoms with Crippen molar-refractivity contribution < 1.29 is 4.74 Å². The van der Waals surface area contributed by atoms with E-state index in [1.165, 1.54) is 19.3 Å². The van der Waals surface area contributed by atoms with Crippen molar-refractivity contribution in [3.63, 3.8) is 0 Å². The zero-order chi connectivity index (χ0) is 17.6. The lowest BCUT2D eigenvalue weighted by molar-refractivity contribution is 0.333. The summed E-state index contributed by atoms with van der Waals surface area (Å²) in [6.07, 6.45) is 3.72. The molecule has 1 aliphatic heterocycles. The Morgan fingerprint density at radius 3 is 2.50 bits per heavy atom. The maximum Gasteiger partial charge on any atom is 0.227 e. The largest absolute Gasteiger partial charge is 0.492 e. The third-order valence-electron chi connectivity index (χ3n) is 4.64. The molecule has 1 saturated heterocycles. The topological polar surface area (TPSA) is 50.3 Å². The molecular formula is C21H24N4O. The third-order valence-corrected chi connectivity index (χ3v) is 4.64. The van der Waals surface area contributed by atoms with E-state index < -0.39 is 0 Å². The molecule has 1 aliphatic rings. The smallest absolute Gasteiger partial charge is 0.227 e. The van der Waals surface area contributed by atoms with Crippen LogP contribution in [0, 0.1) is 0 Å². The van der Waals surface area contributed by atoms with Crippen LogP contribution in [0.5, 0.6) is 5.75 Å². The molecule has 1 N–H and O–H groups in total. The molecule has 2 heterocycles. The van der Waals surface area contributed by atoms with Crippen molar-refractivity contribution >= 4 is 22.7 Å². The van der Waals surface area contributed by atoms with Crippen molar-refractivity contribution in [2.45, 2.75) is 19.3 Å². The van der Waals surface area contributed by atoms with Gasteiger partial charge in [-0.15, -0.1) is 0 Å². The number of nitrogens with zero attached hydrogens (tertiary/aromatic N) is 3. The number of piperidine rings is 1. The van der Waals surface area contributed by atoms with Crippen molar-refractivity contribution in [2.75, 3.05) is 36.5 Å². The van der Waals surface area contributed by atoms with Crippen LogP contribution >= 0.6 is 0 Å². The van der Waals surface area contributed by atoms with E-state index in [-0.39, 0.29) is 0 Å². The average Bonchev–Trinajstić information content (AvgIpc) is 2.72. The minimum Gasteiger partial charge on any atom is -0.492 e. The van der Waals surface area contributed by atoms with Crippen LogP contribution in [0.1, 0.15) is 19.3 Å². The number of benzene rings is 2. The standard InChI is InChI=1S/C21H24N4O/c1-3-9-17(10-4-1)26-16-13-22-20-18-11-5-6-12-19(18)23-21(24-20)25-14-7-2-8-15-25/h1,3-6,9-12H,2,7-8,13-16H2,(H,22,23,24). The van der Waals surface area contributed by atoms with Crippen LogP contribution in [-0.4, -0.2) is 36.2 Å². The van der Waals surface area contributed by atoms with Gasteiger partial charge in [0.25, 0.3) is 0 Å². The lowest BCUT2D eigenvalue weighted by Crippen LogP contribution is -2.31. The second-order valence-corrected chi connectivity index (χ2v) is 6.53. The highest BCUT2D eigenvalue weighted by atomic mass is 16.5. The number of fused-ring (bicyclic) bond motifs is 1. The van der Waals surface area contributed by atoms with E-state index in [0.717, 1.165) is 41.5 Å². The van der Waals surface area contributed by atoms with Crippen LogP contribution in [-0.2, 0) is 0 Å². The summed E-state index contributed by atoms with van der Waals surface area (Å²) < 4.78 is 5.77. The van der Waals surface area contributed by atoms with Crippen molar-refractivity contribution in [3.8, 4) is 5.75 Å². The first-order valence-electron chi connectivity index (χ1n) is 9.33. The number of para-hydroxylation sites is 2. The highest BCUT2D eigenvalue weighted by Crippen LogP contribution is 2.25. The van der Waals surface area contributed by atoms with Gasteiger partial charge in [0, 0.05) is 18.5 Å². The van der Waals surface area contributed by atoms with E-state index in [1.807, 2.05) is 42.5 Å². The molecule has 5 heteroatoms. The number of hydrogen-bond acceptors (Lipinski definition) is 5. The minimum absolute atomic E-state index is 0.585. The number of hydrogen-bond donors (Lipinski definition) is 1. The Balaban J connectivity index is 1.49. The maximum absolute atomic E-state index is 5.77. The molecular weight excluding hydrogens is 324 g/mol. The molecule has 0 aliphatic carbocycles. The molecule has 1 fully saturated rings. The first kappa shape index (κ1) is 16.6. The van der Waals surface area contributed by atoms with Gasteiger partial charge in [0.1, 0.15) is 18.2 Å². The molecule has 134 valence electrons. The lowest BCUT2D eigenvalue weighted by Gasteiger charge is -2.27. The van der Waals surface area contributed by atoms with Crippen LogP contribution in [0.4, 0.5) is 11.8 Å². The zero-order valence-electron chi connectivity index (χ0n) is 14.9. The fourth-order valence-corrected chi connectivity index (χ4v) is 3.29. The number of ether oxygens (including phenoxy) is 1. The molecule has 0 atom stereocenters. The van der Waals surface area contributed by atoms with Gasteiger partial charge < -0.3 is 15.0 Å². The first-order valence-corrected chi connectivity index (χ1v) is 9.33. The van der Waals surface area contributed by atoms with Crippen LogP contribution in [0.3, 0.4) is 0 Å².